The molecular formula is C14H27NO2. The molecule has 0 aromatic heterocycles. The Hall–Kier alpha value is -0.120. The van der Waals surface area contributed by atoms with E-state index in [9.17, 15) is 10.2 Å². The first kappa shape index (κ1) is 13.3. The molecule has 0 spiro atoms. The minimum absolute atomic E-state index is 0.108. The van der Waals surface area contributed by atoms with E-state index in [0.29, 0.717) is 6.61 Å². The normalized spacial score (nSPS) is 34.8. The molecular weight excluding hydrogens is 214 g/mol. The van der Waals surface area contributed by atoms with Crippen molar-refractivity contribution in [1.29, 1.82) is 0 Å². The third-order valence-electron chi connectivity index (χ3n) is 4.59. The van der Waals surface area contributed by atoms with Crippen LogP contribution in [0.25, 0.3) is 0 Å². The third kappa shape index (κ3) is 3.43. The summed E-state index contributed by atoms with van der Waals surface area (Å²) in [4.78, 5) is 2.35. The van der Waals surface area contributed by atoms with Crippen LogP contribution >= 0.6 is 0 Å². The molecule has 1 unspecified atom stereocenters. The first-order chi connectivity index (χ1) is 8.05. The maximum absolute atomic E-state index is 10.0. The maximum Gasteiger partial charge on any atom is 0.0758 e. The van der Waals surface area contributed by atoms with Gasteiger partial charge in [0.15, 0.2) is 0 Å². The summed E-state index contributed by atoms with van der Waals surface area (Å²) in [7, 11) is 0. The van der Waals surface area contributed by atoms with E-state index in [-0.39, 0.29) is 5.41 Å². The number of β-amino-alcohol motifs (C(OH)–C–C–N with tert-alkyl or cyclic N) is 1. The van der Waals surface area contributed by atoms with Gasteiger partial charge in [0.2, 0.25) is 0 Å². The van der Waals surface area contributed by atoms with E-state index in [1.54, 1.807) is 0 Å². The molecule has 0 amide bonds. The van der Waals surface area contributed by atoms with Crippen molar-refractivity contribution < 1.29 is 10.2 Å². The Morgan fingerprint density at radius 3 is 2.18 bits per heavy atom. The highest BCUT2D eigenvalue weighted by molar-refractivity contribution is 4.91. The highest BCUT2D eigenvalue weighted by atomic mass is 16.3. The molecule has 1 aliphatic heterocycles. The Labute approximate surface area is 105 Å². The van der Waals surface area contributed by atoms with Gasteiger partial charge in [-0.25, -0.2) is 0 Å². The number of aliphatic hydroxyl groups is 2. The third-order valence-corrected chi connectivity index (χ3v) is 4.59. The molecule has 0 aromatic rings. The molecule has 1 heterocycles. The highest BCUT2D eigenvalue weighted by Gasteiger charge is 2.37. The zero-order valence-electron chi connectivity index (χ0n) is 11.1. The van der Waals surface area contributed by atoms with Gasteiger partial charge in [0, 0.05) is 31.7 Å². The molecule has 0 radical (unpaired) electrons. The fraction of sp³-hybridized carbons (Fsp3) is 1.00. The summed E-state index contributed by atoms with van der Waals surface area (Å²) in [6, 6.07) is 0. The summed E-state index contributed by atoms with van der Waals surface area (Å²) in [5.74, 6) is 0. The second kappa shape index (κ2) is 5.25. The van der Waals surface area contributed by atoms with Gasteiger partial charge in [-0.05, 0) is 26.2 Å². The standard InChI is InChI=1S/C14H27NO2/c1-13(17)8-9-15(10-13)11-14(12-16)6-4-2-3-5-7-14/h16-17H,2-12H2,1H3. The molecule has 3 heteroatoms. The summed E-state index contributed by atoms with van der Waals surface area (Å²) in [6.07, 6.45) is 8.33. The van der Waals surface area contributed by atoms with Crippen LogP contribution < -0.4 is 0 Å². The number of nitrogens with zero attached hydrogens (tertiary/aromatic N) is 1. The predicted octanol–water partition coefficient (Wildman–Crippen LogP) is 1.78. The Bertz CT molecular complexity index is 245. The second-order valence-electron chi connectivity index (χ2n) is 6.53. The number of hydrogen-bond acceptors (Lipinski definition) is 3. The fourth-order valence-electron chi connectivity index (χ4n) is 3.49. The lowest BCUT2D eigenvalue weighted by Crippen LogP contribution is -2.40. The van der Waals surface area contributed by atoms with Crippen LogP contribution in [0.1, 0.15) is 51.9 Å². The molecule has 1 saturated carbocycles. The van der Waals surface area contributed by atoms with Gasteiger partial charge in [-0.15, -0.1) is 0 Å². The Morgan fingerprint density at radius 2 is 1.71 bits per heavy atom. The topological polar surface area (TPSA) is 43.7 Å². The van der Waals surface area contributed by atoms with Gasteiger partial charge in [-0.3, -0.25) is 4.90 Å². The Morgan fingerprint density at radius 1 is 1.06 bits per heavy atom. The lowest BCUT2D eigenvalue weighted by Gasteiger charge is -2.35. The van der Waals surface area contributed by atoms with Crippen LogP contribution in [0.2, 0.25) is 0 Å². The van der Waals surface area contributed by atoms with Crippen molar-refractivity contribution in [2.24, 2.45) is 5.41 Å². The van der Waals surface area contributed by atoms with Crippen molar-refractivity contribution >= 4 is 0 Å². The number of aliphatic hydroxyl groups excluding tert-OH is 1. The monoisotopic (exact) mass is 241 g/mol. The molecule has 2 N–H and O–H groups in total. The second-order valence-corrected chi connectivity index (χ2v) is 6.53. The zero-order valence-corrected chi connectivity index (χ0v) is 11.1. The number of hydrogen-bond donors (Lipinski definition) is 2. The first-order valence-electron chi connectivity index (χ1n) is 7.11. The van der Waals surface area contributed by atoms with Gasteiger partial charge in [0.1, 0.15) is 0 Å². The van der Waals surface area contributed by atoms with Crippen molar-refractivity contribution in [3.63, 3.8) is 0 Å². The highest BCUT2D eigenvalue weighted by Crippen LogP contribution is 2.36. The van der Waals surface area contributed by atoms with E-state index in [0.717, 1.165) is 38.9 Å². The zero-order chi connectivity index (χ0) is 12.4. The number of likely N-dealkylation sites (tertiary alicyclic amines) is 1. The molecule has 3 nitrogen and oxygen atoms in total. The van der Waals surface area contributed by atoms with Crippen molar-refractivity contribution in [2.45, 2.75) is 57.5 Å². The van der Waals surface area contributed by atoms with E-state index < -0.39 is 5.60 Å². The summed E-state index contributed by atoms with van der Waals surface area (Å²) < 4.78 is 0. The first-order valence-corrected chi connectivity index (χ1v) is 7.11. The lowest BCUT2D eigenvalue weighted by molar-refractivity contribution is 0.0400. The van der Waals surface area contributed by atoms with Gasteiger partial charge in [0.05, 0.1) is 5.60 Å². The maximum atomic E-state index is 10.0. The van der Waals surface area contributed by atoms with Crippen LogP contribution in [0, 0.1) is 5.41 Å². The van der Waals surface area contributed by atoms with E-state index in [1.807, 2.05) is 6.92 Å². The van der Waals surface area contributed by atoms with E-state index in [4.69, 9.17) is 0 Å². The van der Waals surface area contributed by atoms with Crippen LogP contribution in [-0.2, 0) is 0 Å². The van der Waals surface area contributed by atoms with Crippen LogP contribution in [0.15, 0.2) is 0 Å². The van der Waals surface area contributed by atoms with Crippen molar-refractivity contribution in [3.05, 3.63) is 0 Å². The average molecular weight is 241 g/mol. The molecule has 2 fully saturated rings. The van der Waals surface area contributed by atoms with E-state index in [1.165, 1.54) is 25.7 Å². The minimum Gasteiger partial charge on any atom is -0.396 e. The molecule has 2 aliphatic rings. The van der Waals surface area contributed by atoms with Crippen LogP contribution in [-0.4, -0.2) is 47.0 Å². The lowest BCUT2D eigenvalue weighted by atomic mass is 9.80. The van der Waals surface area contributed by atoms with Gasteiger partial charge in [0.25, 0.3) is 0 Å². The quantitative estimate of drug-likeness (QED) is 0.740. The van der Waals surface area contributed by atoms with E-state index in [2.05, 4.69) is 4.90 Å². The van der Waals surface area contributed by atoms with Crippen molar-refractivity contribution in [1.82, 2.24) is 4.90 Å². The molecule has 2 rings (SSSR count). The fourth-order valence-corrected chi connectivity index (χ4v) is 3.49. The molecule has 1 atom stereocenters. The van der Waals surface area contributed by atoms with Crippen LogP contribution in [0.5, 0.6) is 0 Å². The van der Waals surface area contributed by atoms with Gasteiger partial charge >= 0.3 is 0 Å². The molecule has 17 heavy (non-hydrogen) atoms. The summed E-state index contributed by atoms with van der Waals surface area (Å²) in [6.45, 7) is 4.96. The Kier molecular flexibility index (Phi) is 4.11. The molecule has 100 valence electrons. The minimum atomic E-state index is -0.513. The number of rotatable bonds is 3. The molecule has 0 bridgehead atoms. The van der Waals surface area contributed by atoms with Gasteiger partial charge < -0.3 is 10.2 Å². The Balaban J connectivity index is 1.94. The van der Waals surface area contributed by atoms with Crippen molar-refractivity contribution in [2.75, 3.05) is 26.2 Å². The van der Waals surface area contributed by atoms with Crippen LogP contribution in [0.3, 0.4) is 0 Å². The SMILES string of the molecule is CC1(O)CCN(CC2(CO)CCCCCC2)C1. The summed E-state index contributed by atoms with van der Waals surface area (Å²) >= 11 is 0. The molecule has 1 saturated heterocycles. The summed E-state index contributed by atoms with van der Waals surface area (Å²) in [5, 5.41) is 19.8. The van der Waals surface area contributed by atoms with Gasteiger partial charge in [-0.2, -0.15) is 0 Å². The van der Waals surface area contributed by atoms with Gasteiger partial charge in [-0.1, -0.05) is 25.7 Å². The van der Waals surface area contributed by atoms with Crippen LogP contribution in [0.4, 0.5) is 0 Å². The summed E-state index contributed by atoms with van der Waals surface area (Å²) in [5.41, 5.74) is -0.404. The largest absolute Gasteiger partial charge is 0.396 e. The molecule has 1 aliphatic carbocycles. The van der Waals surface area contributed by atoms with E-state index >= 15 is 0 Å². The van der Waals surface area contributed by atoms with Crippen molar-refractivity contribution in [3.8, 4) is 0 Å². The smallest absolute Gasteiger partial charge is 0.0758 e. The predicted molar refractivity (Wildman–Crippen MR) is 68.9 cm³/mol. The molecule has 0 aromatic carbocycles. The average Bonchev–Trinajstić information content (AvgIpc) is 2.52.